The van der Waals surface area contributed by atoms with Crippen LogP contribution in [0.4, 0.5) is 0 Å². The minimum atomic E-state index is -3.43. The summed E-state index contributed by atoms with van der Waals surface area (Å²) in [6, 6.07) is 3.08. The second-order valence-electron chi connectivity index (χ2n) is 4.90. The van der Waals surface area contributed by atoms with E-state index in [2.05, 4.69) is 9.71 Å². The minimum Gasteiger partial charge on any atom is -0.244 e. The molecule has 0 fully saturated rings. The van der Waals surface area contributed by atoms with E-state index in [0.717, 1.165) is 17.8 Å². The molecule has 3 rings (SSSR count). The lowest BCUT2D eigenvalue weighted by Crippen LogP contribution is -2.26. The van der Waals surface area contributed by atoms with Gasteiger partial charge in [0.2, 0.25) is 0 Å². The van der Waals surface area contributed by atoms with Gasteiger partial charge in [-0.3, -0.25) is 0 Å². The summed E-state index contributed by atoms with van der Waals surface area (Å²) < 4.78 is 27.5. The Morgan fingerprint density at radius 3 is 2.85 bits per heavy atom. The largest absolute Gasteiger partial charge is 0.250 e. The second-order valence-corrected chi connectivity index (χ2v) is 8.91. The van der Waals surface area contributed by atoms with Crippen molar-refractivity contribution in [1.29, 1.82) is 0 Å². The van der Waals surface area contributed by atoms with Crippen molar-refractivity contribution in [2.24, 2.45) is 0 Å². The predicted octanol–water partition coefficient (Wildman–Crippen LogP) is 3.12. The Morgan fingerprint density at radius 1 is 1.35 bits per heavy atom. The molecule has 108 valence electrons. The van der Waals surface area contributed by atoms with E-state index in [4.69, 9.17) is 0 Å². The molecular formula is C13H16N2O2S3. The molecule has 4 nitrogen and oxygen atoms in total. The zero-order valence-electron chi connectivity index (χ0n) is 11.1. The number of fused-ring (bicyclic) bond motifs is 1. The molecule has 0 spiro atoms. The number of nitrogens with one attached hydrogen (secondary N) is 1. The van der Waals surface area contributed by atoms with E-state index in [1.165, 1.54) is 34.7 Å². The van der Waals surface area contributed by atoms with Crippen molar-refractivity contribution in [2.45, 2.75) is 42.9 Å². The van der Waals surface area contributed by atoms with Crippen molar-refractivity contribution in [3.8, 4) is 0 Å². The van der Waals surface area contributed by atoms with Crippen molar-refractivity contribution in [2.75, 3.05) is 0 Å². The maximum absolute atomic E-state index is 12.2. The van der Waals surface area contributed by atoms with Gasteiger partial charge in [-0.25, -0.2) is 18.1 Å². The number of sulfonamides is 1. The molecule has 2 heterocycles. The van der Waals surface area contributed by atoms with Gasteiger partial charge >= 0.3 is 0 Å². The van der Waals surface area contributed by atoms with Crippen molar-refractivity contribution in [1.82, 2.24) is 9.71 Å². The lowest BCUT2D eigenvalue weighted by atomic mass is 10.0. The van der Waals surface area contributed by atoms with E-state index in [1.54, 1.807) is 28.8 Å². The normalized spacial score (nSPS) is 16.9. The number of aromatic nitrogens is 1. The zero-order chi connectivity index (χ0) is 14.2. The van der Waals surface area contributed by atoms with Crippen molar-refractivity contribution in [3.05, 3.63) is 33.1 Å². The van der Waals surface area contributed by atoms with Crippen LogP contribution < -0.4 is 4.72 Å². The highest BCUT2D eigenvalue weighted by molar-refractivity contribution is 7.91. The molecule has 0 bridgehead atoms. The standard InChI is InChI=1S/C13H16N2O2S3/c1-9(15-20(16,17)12-7-4-8-18-12)13-14-10-5-2-3-6-11(10)19-13/h4,7-9,15H,2-3,5-6H2,1H3/t9-/m0/s1. The first-order chi connectivity index (χ1) is 9.56. The van der Waals surface area contributed by atoms with E-state index < -0.39 is 10.0 Å². The number of thiazole rings is 1. The summed E-state index contributed by atoms with van der Waals surface area (Å²) in [5.74, 6) is 0. The van der Waals surface area contributed by atoms with Crippen LogP contribution in [0.5, 0.6) is 0 Å². The Morgan fingerprint density at radius 2 is 2.15 bits per heavy atom. The van der Waals surface area contributed by atoms with Crippen molar-refractivity contribution >= 4 is 32.7 Å². The first-order valence-corrected chi connectivity index (χ1v) is 9.78. The molecule has 0 radical (unpaired) electrons. The molecule has 1 aliphatic rings. The van der Waals surface area contributed by atoms with Gasteiger partial charge in [-0.1, -0.05) is 6.07 Å². The lowest BCUT2D eigenvalue weighted by Gasteiger charge is -2.10. The number of hydrogen-bond donors (Lipinski definition) is 1. The summed E-state index contributed by atoms with van der Waals surface area (Å²) in [6.07, 6.45) is 4.50. The molecule has 2 aromatic heterocycles. The molecule has 1 atom stereocenters. The summed E-state index contributed by atoms with van der Waals surface area (Å²) >= 11 is 2.87. The summed E-state index contributed by atoms with van der Waals surface area (Å²) in [5.41, 5.74) is 1.17. The smallest absolute Gasteiger partial charge is 0.244 e. The molecule has 0 unspecified atom stereocenters. The third-order valence-electron chi connectivity index (χ3n) is 3.32. The average molecular weight is 328 g/mol. The molecule has 20 heavy (non-hydrogen) atoms. The maximum Gasteiger partial charge on any atom is 0.250 e. The van der Waals surface area contributed by atoms with Gasteiger partial charge in [-0.15, -0.1) is 22.7 Å². The van der Waals surface area contributed by atoms with Gasteiger partial charge < -0.3 is 0 Å². The number of rotatable bonds is 4. The molecule has 0 aliphatic heterocycles. The molecule has 1 N–H and O–H groups in total. The Hall–Kier alpha value is -0.760. The monoisotopic (exact) mass is 328 g/mol. The number of hydrogen-bond acceptors (Lipinski definition) is 5. The van der Waals surface area contributed by atoms with Crippen LogP contribution in [0, 0.1) is 0 Å². The molecule has 0 saturated heterocycles. The number of nitrogens with zero attached hydrogens (tertiary/aromatic N) is 1. The Balaban J connectivity index is 1.79. The van der Waals surface area contributed by atoms with Crippen LogP contribution in [0.25, 0.3) is 0 Å². The van der Waals surface area contributed by atoms with Crippen molar-refractivity contribution in [3.63, 3.8) is 0 Å². The third kappa shape index (κ3) is 2.81. The van der Waals surface area contributed by atoms with Gasteiger partial charge in [0, 0.05) is 4.88 Å². The maximum atomic E-state index is 12.2. The SMILES string of the molecule is C[C@H](NS(=O)(=O)c1cccs1)c1nc2c(s1)CCCC2. The van der Waals surface area contributed by atoms with Crippen LogP contribution in [-0.4, -0.2) is 13.4 Å². The summed E-state index contributed by atoms with van der Waals surface area (Å²) in [7, 11) is -3.43. The fraction of sp³-hybridized carbons (Fsp3) is 0.462. The van der Waals surface area contributed by atoms with Gasteiger partial charge in [0.1, 0.15) is 9.22 Å². The van der Waals surface area contributed by atoms with Gasteiger partial charge in [0.05, 0.1) is 11.7 Å². The van der Waals surface area contributed by atoms with Crippen molar-refractivity contribution < 1.29 is 8.42 Å². The highest BCUT2D eigenvalue weighted by Crippen LogP contribution is 2.30. The van der Waals surface area contributed by atoms with Gasteiger partial charge in [-0.05, 0) is 44.1 Å². The molecule has 7 heteroatoms. The van der Waals surface area contributed by atoms with Crippen LogP contribution in [0.3, 0.4) is 0 Å². The van der Waals surface area contributed by atoms with Gasteiger partial charge in [0.15, 0.2) is 0 Å². The van der Waals surface area contributed by atoms with E-state index in [0.29, 0.717) is 4.21 Å². The lowest BCUT2D eigenvalue weighted by molar-refractivity contribution is 0.568. The van der Waals surface area contributed by atoms with Gasteiger partial charge in [0.25, 0.3) is 10.0 Å². The topological polar surface area (TPSA) is 59.1 Å². The summed E-state index contributed by atoms with van der Waals surface area (Å²) in [5, 5.41) is 2.64. The quantitative estimate of drug-likeness (QED) is 0.938. The van der Waals surface area contributed by atoms with Crippen LogP contribution >= 0.6 is 22.7 Å². The van der Waals surface area contributed by atoms with Crippen LogP contribution in [0.2, 0.25) is 0 Å². The molecule has 0 aromatic carbocycles. The highest BCUT2D eigenvalue weighted by atomic mass is 32.2. The fourth-order valence-corrected chi connectivity index (χ4v) is 5.76. The predicted molar refractivity (Wildman–Crippen MR) is 81.8 cm³/mol. The Bertz CT molecular complexity index is 666. The second kappa shape index (κ2) is 5.55. The van der Waals surface area contributed by atoms with Crippen LogP contribution in [-0.2, 0) is 22.9 Å². The Kier molecular flexibility index (Phi) is 3.94. The van der Waals surface area contributed by atoms with Crippen LogP contribution in [0.1, 0.15) is 41.4 Å². The van der Waals surface area contributed by atoms with E-state index in [9.17, 15) is 8.42 Å². The highest BCUT2D eigenvalue weighted by Gasteiger charge is 2.23. The van der Waals surface area contributed by atoms with E-state index in [1.807, 2.05) is 6.92 Å². The Labute approximate surface area is 126 Å². The third-order valence-corrected chi connectivity index (χ3v) is 7.60. The summed E-state index contributed by atoms with van der Waals surface area (Å²) in [6.45, 7) is 1.86. The minimum absolute atomic E-state index is 0.280. The first-order valence-electron chi connectivity index (χ1n) is 6.60. The zero-order valence-corrected chi connectivity index (χ0v) is 13.6. The van der Waals surface area contributed by atoms with Crippen LogP contribution in [0.15, 0.2) is 21.7 Å². The average Bonchev–Trinajstić information content (AvgIpc) is 3.07. The fourth-order valence-electron chi connectivity index (χ4n) is 2.31. The van der Waals surface area contributed by atoms with E-state index >= 15 is 0 Å². The first kappa shape index (κ1) is 14.2. The molecule has 2 aromatic rings. The van der Waals surface area contributed by atoms with Gasteiger partial charge in [-0.2, -0.15) is 0 Å². The molecule has 0 saturated carbocycles. The number of thiophene rings is 1. The molecule has 0 amide bonds. The summed E-state index contributed by atoms with van der Waals surface area (Å²) in [4.78, 5) is 5.94. The molecule has 1 aliphatic carbocycles. The number of aryl methyl sites for hydroxylation is 2. The van der Waals surface area contributed by atoms with E-state index in [-0.39, 0.29) is 6.04 Å². The molecular weight excluding hydrogens is 312 g/mol.